The monoisotopic (exact) mass is 290 g/mol. The van der Waals surface area contributed by atoms with Crippen molar-refractivity contribution in [2.75, 3.05) is 0 Å². The van der Waals surface area contributed by atoms with E-state index in [9.17, 15) is 0 Å². The van der Waals surface area contributed by atoms with E-state index in [1.54, 1.807) is 0 Å². The summed E-state index contributed by atoms with van der Waals surface area (Å²) in [5.41, 5.74) is 0.576. The Morgan fingerprint density at radius 2 is 1.83 bits per heavy atom. The van der Waals surface area contributed by atoms with Crippen molar-refractivity contribution in [2.45, 2.75) is 23.5 Å². The summed E-state index contributed by atoms with van der Waals surface area (Å²) in [6, 6.07) is 0. The van der Waals surface area contributed by atoms with Gasteiger partial charge in [0.2, 0.25) is 0 Å². The van der Waals surface area contributed by atoms with Gasteiger partial charge < -0.3 is 0 Å². The Bertz CT molecular complexity index is 278. The molecular formula is C10H12Br2. The number of rotatable bonds is 0. The van der Waals surface area contributed by atoms with E-state index in [0.29, 0.717) is 5.41 Å². The fourth-order valence-electron chi connectivity index (χ4n) is 2.16. The van der Waals surface area contributed by atoms with Gasteiger partial charge in [0.05, 0.1) is 3.23 Å². The lowest BCUT2D eigenvalue weighted by Crippen LogP contribution is -2.02. The van der Waals surface area contributed by atoms with Crippen molar-refractivity contribution in [2.24, 2.45) is 10.8 Å². The second-order valence-corrected chi connectivity index (χ2v) is 7.54. The average Bonchev–Trinajstić information content (AvgIpc) is 2.40. The van der Waals surface area contributed by atoms with Crippen LogP contribution in [0.5, 0.6) is 0 Å². The summed E-state index contributed by atoms with van der Waals surface area (Å²) in [5, 5.41) is 0. The molecule has 0 heterocycles. The van der Waals surface area contributed by atoms with Crippen LogP contribution in [0.25, 0.3) is 0 Å². The highest BCUT2D eigenvalue weighted by molar-refractivity contribution is 9.25. The van der Waals surface area contributed by atoms with Gasteiger partial charge >= 0.3 is 0 Å². The van der Waals surface area contributed by atoms with Crippen LogP contribution in [0.1, 0.15) is 20.3 Å². The summed E-state index contributed by atoms with van der Waals surface area (Å²) in [5.74, 6) is 0. The number of hydrogen-bond donors (Lipinski definition) is 0. The molecule has 0 unspecified atom stereocenters. The smallest absolute Gasteiger partial charge is 0.0839 e. The molecule has 2 atom stereocenters. The quantitative estimate of drug-likeness (QED) is 0.592. The molecule has 0 bridgehead atoms. The summed E-state index contributed by atoms with van der Waals surface area (Å²) in [4.78, 5) is 0. The van der Waals surface area contributed by atoms with E-state index in [1.165, 1.54) is 0 Å². The van der Waals surface area contributed by atoms with Crippen LogP contribution in [0, 0.1) is 10.8 Å². The zero-order valence-corrected chi connectivity index (χ0v) is 10.4. The van der Waals surface area contributed by atoms with Crippen molar-refractivity contribution in [3.63, 3.8) is 0 Å². The maximum Gasteiger partial charge on any atom is 0.0964 e. The molecule has 1 saturated carbocycles. The standard InChI is InChI=1S/C10H12Br2/c1-8-6-4-3-5-7-9(8,2)10(8,11)12/h3-6H,7H2,1-2H3/t8-,9+/m1/s1. The van der Waals surface area contributed by atoms with Crippen molar-refractivity contribution in [1.82, 2.24) is 0 Å². The lowest BCUT2D eigenvalue weighted by Gasteiger charge is -2.09. The highest BCUT2D eigenvalue weighted by Gasteiger charge is 2.78. The van der Waals surface area contributed by atoms with Gasteiger partial charge in [0, 0.05) is 10.8 Å². The van der Waals surface area contributed by atoms with Gasteiger partial charge in [0.15, 0.2) is 0 Å². The number of fused-ring (bicyclic) bond motifs is 1. The van der Waals surface area contributed by atoms with Gasteiger partial charge in [-0.2, -0.15) is 0 Å². The maximum atomic E-state index is 3.76. The van der Waals surface area contributed by atoms with Crippen LogP contribution >= 0.6 is 31.9 Å². The van der Waals surface area contributed by atoms with E-state index >= 15 is 0 Å². The van der Waals surface area contributed by atoms with Gasteiger partial charge in [-0.05, 0) is 6.42 Å². The molecule has 0 saturated heterocycles. The third kappa shape index (κ3) is 0.741. The predicted octanol–water partition coefficient (Wildman–Crippen LogP) is 4.01. The second-order valence-electron chi connectivity index (χ2n) is 4.10. The van der Waals surface area contributed by atoms with E-state index in [2.05, 4.69) is 70.0 Å². The fourth-order valence-corrected chi connectivity index (χ4v) is 4.25. The molecular weight excluding hydrogens is 280 g/mol. The van der Waals surface area contributed by atoms with E-state index in [0.717, 1.165) is 6.42 Å². The number of halogens is 2. The number of allylic oxidation sites excluding steroid dienone is 4. The molecule has 0 spiro atoms. The minimum Gasteiger partial charge on any atom is -0.0839 e. The zero-order valence-electron chi connectivity index (χ0n) is 7.27. The topological polar surface area (TPSA) is 0 Å². The second kappa shape index (κ2) is 2.27. The van der Waals surface area contributed by atoms with Crippen molar-refractivity contribution in [1.29, 1.82) is 0 Å². The molecule has 2 aliphatic rings. The molecule has 2 heteroatoms. The molecule has 0 N–H and O–H groups in total. The fraction of sp³-hybridized carbons (Fsp3) is 0.600. The van der Waals surface area contributed by atoms with Crippen molar-refractivity contribution in [3.05, 3.63) is 24.3 Å². The lowest BCUT2D eigenvalue weighted by molar-refractivity contribution is 0.464. The molecule has 0 aromatic heterocycles. The minimum atomic E-state index is 0.0985. The number of hydrogen-bond acceptors (Lipinski definition) is 0. The Morgan fingerprint density at radius 3 is 2.50 bits per heavy atom. The van der Waals surface area contributed by atoms with Crippen LogP contribution in [0.3, 0.4) is 0 Å². The summed E-state index contributed by atoms with van der Waals surface area (Å²) >= 11 is 7.52. The lowest BCUT2D eigenvalue weighted by atomic mass is 9.94. The van der Waals surface area contributed by atoms with Crippen LogP contribution in [-0.4, -0.2) is 3.23 Å². The molecule has 66 valence electrons. The van der Waals surface area contributed by atoms with Crippen molar-refractivity contribution >= 4 is 31.9 Å². The summed E-state index contributed by atoms with van der Waals surface area (Å²) in [6.07, 6.45) is 9.95. The molecule has 0 aromatic rings. The Hall–Kier alpha value is 0.440. The summed E-state index contributed by atoms with van der Waals surface area (Å²) < 4.78 is 0.0985. The van der Waals surface area contributed by atoms with Gasteiger partial charge in [-0.3, -0.25) is 0 Å². The molecule has 2 rings (SSSR count). The molecule has 12 heavy (non-hydrogen) atoms. The van der Waals surface area contributed by atoms with Gasteiger partial charge in [-0.1, -0.05) is 70.0 Å². The normalized spacial score (nSPS) is 48.3. The van der Waals surface area contributed by atoms with Gasteiger partial charge in [-0.15, -0.1) is 0 Å². The van der Waals surface area contributed by atoms with E-state index in [4.69, 9.17) is 0 Å². The molecule has 0 radical (unpaired) electrons. The van der Waals surface area contributed by atoms with Crippen molar-refractivity contribution in [3.8, 4) is 0 Å². The Labute approximate surface area is 90.4 Å². The summed E-state index contributed by atoms with van der Waals surface area (Å²) in [6.45, 7) is 4.61. The molecule has 1 fully saturated rings. The van der Waals surface area contributed by atoms with Crippen LogP contribution in [0.15, 0.2) is 24.3 Å². The molecule has 0 amide bonds. The van der Waals surface area contributed by atoms with Crippen LogP contribution in [0.2, 0.25) is 0 Å². The Morgan fingerprint density at radius 1 is 1.17 bits per heavy atom. The minimum absolute atomic E-state index is 0.0985. The first-order valence-electron chi connectivity index (χ1n) is 4.18. The first-order chi connectivity index (χ1) is 5.46. The zero-order chi connectivity index (χ0) is 9.04. The van der Waals surface area contributed by atoms with Gasteiger partial charge in [0.1, 0.15) is 0 Å². The first-order valence-corrected chi connectivity index (χ1v) is 5.76. The highest BCUT2D eigenvalue weighted by Crippen LogP contribution is 2.82. The van der Waals surface area contributed by atoms with E-state index < -0.39 is 0 Å². The molecule has 0 nitrogen and oxygen atoms in total. The first kappa shape index (κ1) is 9.01. The van der Waals surface area contributed by atoms with Crippen LogP contribution < -0.4 is 0 Å². The summed E-state index contributed by atoms with van der Waals surface area (Å²) in [7, 11) is 0. The Balaban J connectivity index is 2.44. The predicted molar refractivity (Wildman–Crippen MR) is 59.7 cm³/mol. The third-order valence-corrected chi connectivity index (χ3v) is 7.03. The van der Waals surface area contributed by atoms with E-state index in [-0.39, 0.29) is 8.65 Å². The molecule has 0 aromatic carbocycles. The SMILES string of the molecule is C[C@@]12C=CC=CC[C@]1(C)C2(Br)Br. The maximum absolute atomic E-state index is 3.76. The largest absolute Gasteiger partial charge is 0.0964 e. The van der Waals surface area contributed by atoms with Gasteiger partial charge in [-0.25, -0.2) is 0 Å². The van der Waals surface area contributed by atoms with Crippen LogP contribution in [-0.2, 0) is 0 Å². The number of alkyl halides is 2. The highest BCUT2D eigenvalue weighted by atomic mass is 79.9. The van der Waals surface area contributed by atoms with Gasteiger partial charge in [0.25, 0.3) is 0 Å². The molecule has 0 aliphatic heterocycles. The van der Waals surface area contributed by atoms with Crippen LogP contribution in [0.4, 0.5) is 0 Å². The average molecular weight is 292 g/mol. The third-order valence-electron chi connectivity index (χ3n) is 3.63. The van der Waals surface area contributed by atoms with Crippen molar-refractivity contribution < 1.29 is 0 Å². The van der Waals surface area contributed by atoms with E-state index in [1.807, 2.05) is 0 Å². The Kier molecular flexibility index (Phi) is 1.70. The molecule has 2 aliphatic carbocycles.